The van der Waals surface area contributed by atoms with Gasteiger partial charge in [-0.3, -0.25) is 14.5 Å². The number of benzene rings is 2. The molecular formula is C22H29N5O4S. The van der Waals surface area contributed by atoms with Gasteiger partial charge in [-0.2, -0.15) is 0 Å². The summed E-state index contributed by atoms with van der Waals surface area (Å²) in [7, 11) is -3.82. The largest absolute Gasteiger partial charge is 0.351 e. The van der Waals surface area contributed by atoms with Gasteiger partial charge < -0.3 is 15.5 Å². The molecule has 4 N–H and O–H groups in total. The number of nitrogens with zero attached hydrogens (tertiary/aromatic N) is 2. The first-order chi connectivity index (χ1) is 15.3. The number of rotatable bonds is 9. The summed E-state index contributed by atoms with van der Waals surface area (Å²) in [5, 5.41) is 10.8. The predicted molar refractivity (Wildman–Crippen MR) is 122 cm³/mol. The molecule has 0 spiro atoms. The van der Waals surface area contributed by atoms with Crippen molar-refractivity contribution in [1.82, 2.24) is 15.1 Å². The fraction of sp³-hybridized carbons (Fsp3) is 0.364. The SMILES string of the molecule is NS(=O)(=O)c1cccc(NC(=O)CCN2CCN(CC(=O)NCc3ccccc3)CC2)c1. The lowest BCUT2D eigenvalue weighted by atomic mass is 10.2. The fourth-order valence-corrected chi connectivity index (χ4v) is 4.02. The molecule has 9 nitrogen and oxygen atoms in total. The molecule has 2 aromatic rings. The lowest BCUT2D eigenvalue weighted by Crippen LogP contribution is -2.49. The minimum absolute atomic E-state index is 0.00315. The first-order valence-corrected chi connectivity index (χ1v) is 12.0. The highest BCUT2D eigenvalue weighted by Crippen LogP contribution is 2.14. The van der Waals surface area contributed by atoms with Crippen LogP contribution in [0.15, 0.2) is 59.5 Å². The quantitative estimate of drug-likeness (QED) is 0.504. The van der Waals surface area contributed by atoms with E-state index in [2.05, 4.69) is 20.4 Å². The van der Waals surface area contributed by atoms with Gasteiger partial charge in [-0.25, -0.2) is 13.6 Å². The van der Waals surface area contributed by atoms with Gasteiger partial charge >= 0.3 is 0 Å². The van der Waals surface area contributed by atoms with Crippen LogP contribution in [0.25, 0.3) is 0 Å². The second-order valence-electron chi connectivity index (χ2n) is 7.75. The van der Waals surface area contributed by atoms with Crippen molar-refractivity contribution in [3.63, 3.8) is 0 Å². The topological polar surface area (TPSA) is 125 Å². The predicted octanol–water partition coefficient (Wildman–Crippen LogP) is 0.597. The normalized spacial score (nSPS) is 15.3. The standard InChI is InChI=1S/C22H29N5O4S/c23-32(30,31)20-8-4-7-19(15-20)25-21(28)9-10-26-11-13-27(14-12-26)17-22(29)24-16-18-5-2-1-3-6-18/h1-8,15H,9-14,16-17H2,(H,24,29)(H,25,28)(H2,23,30,31). The molecule has 0 saturated carbocycles. The number of anilines is 1. The molecule has 1 aliphatic rings. The Morgan fingerprint density at radius 3 is 2.28 bits per heavy atom. The first-order valence-electron chi connectivity index (χ1n) is 10.5. The van der Waals surface area contributed by atoms with Crippen LogP contribution in [0, 0.1) is 0 Å². The molecule has 0 atom stereocenters. The monoisotopic (exact) mass is 459 g/mol. The molecule has 0 unspecified atom stereocenters. The highest BCUT2D eigenvalue weighted by Gasteiger charge is 2.19. The second-order valence-corrected chi connectivity index (χ2v) is 9.31. The van der Waals surface area contributed by atoms with Crippen LogP contribution in [0.3, 0.4) is 0 Å². The number of amides is 2. The molecule has 172 valence electrons. The molecule has 1 heterocycles. The van der Waals surface area contributed by atoms with E-state index in [1.807, 2.05) is 30.3 Å². The average Bonchev–Trinajstić information content (AvgIpc) is 2.77. The lowest BCUT2D eigenvalue weighted by Gasteiger charge is -2.34. The van der Waals surface area contributed by atoms with Gasteiger partial charge in [0.25, 0.3) is 0 Å². The molecule has 0 radical (unpaired) electrons. The van der Waals surface area contributed by atoms with Crippen LogP contribution >= 0.6 is 0 Å². The smallest absolute Gasteiger partial charge is 0.238 e. The minimum atomic E-state index is -3.82. The second kappa shape index (κ2) is 11.2. The van der Waals surface area contributed by atoms with Crippen LogP contribution in [0.2, 0.25) is 0 Å². The summed E-state index contributed by atoms with van der Waals surface area (Å²) < 4.78 is 22.9. The number of piperazine rings is 1. The number of sulfonamides is 1. The van der Waals surface area contributed by atoms with Crippen molar-refractivity contribution in [3.05, 3.63) is 60.2 Å². The molecule has 0 bridgehead atoms. The number of nitrogens with one attached hydrogen (secondary N) is 2. The zero-order chi connectivity index (χ0) is 23.0. The van der Waals surface area contributed by atoms with E-state index in [1.165, 1.54) is 18.2 Å². The maximum Gasteiger partial charge on any atom is 0.238 e. The number of hydrogen-bond donors (Lipinski definition) is 3. The maximum absolute atomic E-state index is 12.2. The summed E-state index contributed by atoms with van der Waals surface area (Å²) in [6, 6.07) is 15.7. The number of primary sulfonamides is 1. The van der Waals surface area contributed by atoms with E-state index in [0.29, 0.717) is 25.3 Å². The highest BCUT2D eigenvalue weighted by atomic mass is 32.2. The Morgan fingerprint density at radius 2 is 1.59 bits per heavy atom. The molecule has 2 amide bonds. The van der Waals surface area contributed by atoms with Crippen molar-refractivity contribution in [3.8, 4) is 0 Å². The number of nitrogens with two attached hydrogens (primary N) is 1. The van der Waals surface area contributed by atoms with Crippen molar-refractivity contribution in [2.45, 2.75) is 17.9 Å². The van der Waals surface area contributed by atoms with E-state index in [1.54, 1.807) is 6.07 Å². The molecule has 1 saturated heterocycles. The summed E-state index contributed by atoms with van der Waals surface area (Å²) in [6.07, 6.45) is 0.289. The molecular weight excluding hydrogens is 430 g/mol. The Labute approximate surface area is 188 Å². The summed E-state index contributed by atoms with van der Waals surface area (Å²) >= 11 is 0. The Hall–Kier alpha value is -2.79. The van der Waals surface area contributed by atoms with Crippen LogP contribution in [0.4, 0.5) is 5.69 Å². The molecule has 3 rings (SSSR count). The number of carbonyl (C=O) groups is 2. The fourth-order valence-electron chi connectivity index (χ4n) is 3.46. The van der Waals surface area contributed by atoms with E-state index in [0.717, 1.165) is 31.7 Å². The Bertz CT molecular complexity index is 1020. The summed E-state index contributed by atoms with van der Waals surface area (Å²) in [5.41, 5.74) is 1.47. The van der Waals surface area contributed by atoms with E-state index >= 15 is 0 Å². The Balaban J connectivity index is 1.34. The highest BCUT2D eigenvalue weighted by molar-refractivity contribution is 7.89. The van der Waals surface area contributed by atoms with Crippen LogP contribution in [-0.2, 0) is 26.2 Å². The third kappa shape index (κ3) is 7.72. The third-order valence-corrected chi connectivity index (χ3v) is 6.18. The van der Waals surface area contributed by atoms with Crippen molar-refractivity contribution in [2.24, 2.45) is 5.14 Å². The van der Waals surface area contributed by atoms with E-state index in [4.69, 9.17) is 5.14 Å². The minimum Gasteiger partial charge on any atom is -0.351 e. The van der Waals surface area contributed by atoms with Crippen molar-refractivity contribution >= 4 is 27.5 Å². The zero-order valence-electron chi connectivity index (χ0n) is 17.9. The van der Waals surface area contributed by atoms with Crippen LogP contribution in [0.1, 0.15) is 12.0 Å². The van der Waals surface area contributed by atoms with Gasteiger partial charge in [0.1, 0.15) is 0 Å². The molecule has 0 aromatic heterocycles. The third-order valence-electron chi connectivity index (χ3n) is 5.27. The summed E-state index contributed by atoms with van der Waals surface area (Å²) in [5.74, 6) is -0.192. The molecule has 0 aliphatic carbocycles. The van der Waals surface area contributed by atoms with Crippen molar-refractivity contribution < 1.29 is 18.0 Å². The van der Waals surface area contributed by atoms with Crippen molar-refractivity contribution in [1.29, 1.82) is 0 Å². The van der Waals surface area contributed by atoms with Gasteiger partial charge in [-0.05, 0) is 23.8 Å². The van der Waals surface area contributed by atoms with Crippen LogP contribution in [0.5, 0.6) is 0 Å². The van der Waals surface area contributed by atoms with E-state index < -0.39 is 10.0 Å². The van der Waals surface area contributed by atoms with Gasteiger partial charge in [0.2, 0.25) is 21.8 Å². The molecule has 1 fully saturated rings. The van der Waals surface area contributed by atoms with Crippen LogP contribution in [-0.4, -0.2) is 69.3 Å². The lowest BCUT2D eigenvalue weighted by molar-refractivity contribution is -0.122. The first kappa shape index (κ1) is 23.9. The van der Waals surface area contributed by atoms with Gasteiger partial charge in [0.15, 0.2) is 0 Å². The Kier molecular flexibility index (Phi) is 8.34. The van der Waals surface area contributed by atoms with Gasteiger partial charge in [-0.1, -0.05) is 36.4 Å². The van der Waals surface area contributed by atoms with Crippen LogP contribution < -0.4 is 15.8 Å². The molecule has 1 aliphatic heterocycles. The summed E-state index contributed by atoms with van der Waals surface area (Å²) in [4.78, 5) is 28.7. The van der Waals surface area contributed by atoms with Crippen molar-refractivity contribution in [2.75, 3.05) is 44.6 Å². The molecule has 10 heteroatoms. The number of hydrogen-bond acceptors (Lipinski definition) is 6. The van der Waals surface area contributed by atoms with Gasteiger partial charge in [0, 0.05) is 51.4 Å². The molecule has 32 heavy (non-hydrogen) atoms. The van der Waals surface area contributed by atoms with E-state index in [9.17, 15) is 18.0 Å². The maximum atomic E-state index is 12.2. The number of carbonyl (C=O) groups excluding carboxylic acids is 2. The van der Waals surface area contributed by atoms with E-state index in [-0.39, 0.29) is 23.1 Å². The Morgan fingerprint density at radius 1 is 0.906 bits per heavy atom. The zero-order valence-corrected chi connectivity index (χ0v) is 18.7. The van der Waals surface area contributed by atoms with Gasteiger partial charge in [0.05, 0.1) is 11.4 Å². The summed E-state index contributed by atoms with van der Waals surface area (Å²) in [6.45, 7) is 4.55. The molecule has 2 aromatic carbocycles. The average molecular weight is 460 g/mol. The van der Waals surface area contributed by atoms with Gasteiger partial charge in [-0.15, -0.1) is 0 Å².